The molecule has 1 rings (SSSR count). The van der Waals surface area contributed by atoms with Crippen LogP contribution in [0.25, 0.3) is 0 Å². The van der Waals surface area contributed by atoms with Crippen LogP contribution in [0.2, 0.25) is 0 Å². The molecule has 0 radical (unpaired) electrons. The normalized spacial score (nSPS) is 20.8. The van der Waals surface area contributed by atoms with Crippen LogP contribution in [0.1, 0.15) is 20.3 Å². The summed E-state index contributed by atoms with van der Waals surface area (Å²) in [7, 11) is -0.871. The molecule has 0 fully saturated rings. The number of nitrogens with zero attached hydrogens (tertiary/aromatic N) is 2. The maximum Gasteiger partial charge on any atom is 0.301 e. The quantitative estimate of drug-likeness (QED) is 0.449. The number of oxime groups is 1. The van der Waals surface area contributed by atoms with Crippen LogP contribution in [0.15, 0.2) is 33.2 Å². The van der Waals surface area contributed by atoms with Crippen LogP contribution in [-0.2, 0) is 4.84 Å². The number of hydrogen-bond donors (Lipinski definition) is 1. The van der Waals surface area contributed by atoms with Gasteiger partial charge in [-0.2, -0.15) is 19.7 Å². The van der Waals surface area contributed by atoms with E-state index in [1.54, 1.807) is 18.7 Å². The lowest BCUT2D eigenvalue weighted by Gasteiger charge is -2.15. The van der Waals surface area contributed by atoms with Gasteiger partial charge in [0.05, 0.1) is 5.71 Å². The first-order valence-electron chi connectivity index (χ1n) is 5.43. The molecule has 3 nitrogen and oxygen atoms in total. The van der Waals surface area contributed by atoms with Gasteiger partial charge in [0.1, 0.15) is 6.61 Å². The minimum absolute atomic E-state index is 0.278. The molecule has 1 aliphatic heterocycles. The summed E-state index contributed by atoms with van der Waals surface area (Å²) in [6.07, 6.45) is -0.901. The zero-order valence-electron chi connectivity index (χ0n) is 10.2. The van der Waals surface area contributed by atoms with E-state index in [0.29, 0.717) is 18.1 Å². The molecule has 0 aromatic carbocycles. The number of halogens is 3. The highest BCUT2D eigenvalue weighted by molar-refractivity contribution is 8.32. The van der Waals surface area contributed by atoms with Crippen molar-refractivity contribution in [2.24, 2.45) is 10.1 Å². The minimum Gasteiger partial charge on any atom is -0.396 e. The summed E-state index contributed by atoms with van der Waals surface area (Å²) < 4.78 is 36.6. The van der Waals surface area contributed by atoms with Gasteiger partial charge < -0.3 is 4.84 Å². The van der Waals surface area contributed by atoms with Gasteiger partial charge in [-0.1, -0.05) is 5.16 Å². The second-order valence-corrected chi connectivity index (χ2v) is 5.58. The van der Waals surface area contributed by atoms with Crippen LogP contribution in [0.5, 0.6) is 0 Å². The highest BCUT2D eigenvalue weighted by atomic mass is 32.2. The van der Waals surface area contributed by atoms with Crippen molar-refractivity contribution in [3.05, 3.63) is 23.0 Å². The van der Waals surface area contributed by atoms with E-state index >= 15 is 0 Å². The molecular weight excluding hydrogens is 265 g/mol. The maximum absolute atomic E-state index is 12.7. The fourth-order valence-electron chi connectivity index (χ4n) is 1.32. The fraction of sp³-hybridized carbons (Fsp3) is 0.455. The molecule has 0 saturated heterocycles. The van der Waals surface area contributed by atoms with Crippen LogP contribution >= 0.6 is 10.9 Å². The number of hydrogen-bond acceptors (Lipinski definition) is 3. The van der Waals surface area contributed by atoms with E-state index in [9.17, 15) is 13.2 Å². The maximum atomic E-state index is 12.7. The molecule has 1 unspecified atom stereocenters. The SMILES string of the molecule is CCO/N=C(\C)C1=CN=C[SH]1CCC(F)=C(F)F. The molecule has 1 aliphatic rings. The van der Waals surface area contributed by atoms with E-state index < -0.39 is 22.8 Å². The molecule has 0 bridgehead atoms. The molecule has 0 aromatic rings. The third kappa shape index (κ3) is 4.21. The summed E-state index contributed by atoms with van der Waals surface area (Å²) in [6, 6.07) is 0. The van der Waals surface area contributed by atoms with Crippen molar-refractivity contribution in [2.75, 3.05) is 12.4 Å². The molecule has 0 saturated carbocycles. The summed E-state index contributed by atoms with van der Waals surface area (Å²) in [5.74, 6) is -1.05. The van der Waals surface area contributed by atoms with Gasteiger partial charge in [0, 0.05) is 23.1 Å². The average Bonchev–Trinajstić information content (AvgIpc) is 2.81. The Morgan fingerprint density at radius 1 is 1.44 bits per heavy atom. The molecular formula is C11H15F3N2OS. The summed E-state index contributed by atoms with van der Waals surface area (Å²) in [4.78, 5) is 9.73. The topological polar surface area (TPSA) is 34.0 Å². The first kappa shape index (κ1) is 14.8. The van der Waals surface area contributed by atoms with Crippen molar-refractivity contribution in [1.82, 2.24) is 0 Å². The molecule has 102 valence electrons. The molecule has 0 spiro atoms. The number of allylic oxidation sites excluding steroid dienone is 2. The van der Waals surface area contributed by atoms with E-state index in [-0.39, 0.29) is 6.42 Å². The lowest BCUT2D eigenvalue weighted by Crippen LogP contribution is -2.01. The lowest BCUT2D eigenvalue weighted by molar-refractivity contribution is 0.159. The Hall–Kier alpha value is -1.24. The third-order valence-electron chi connectivity index (χ3n) is 2.19. The predicted molar refractivity (Wildman–Crippen MR) is 70.1 cm³/mol. The number of aliphatic imine (C=N–C) groups is 1. The van der Waals surface area contributed by atoms with Crippen LogP contribution in [0.3, 0.4) is 0 Å². The van der Waals surface area contributed by atoms with Gasteiger partial charge in [-0.05, 0) is 19.6 Å². The van der Waals surface area contributed by atoms with Crippen LogP contribution < -0.4 is 0 Å². The molecule has 0 aliphatic carbocycles. The van der Waals surface area contributed by atoms with Gasteiger partial charge in [0.15, 0.2) is 5.83 Å². The van der Waals surface area contributed by atoms with Gasteiger partial charge in [-0.3, -0.25) is 4.99 Å². The second kappa shape index (κ2) is 7.25. The highest BCUT2D eigenvalue weighted by Crippen LogP contribution is 2.39. The van der Waals surface area contributed by atoms with E-state index in [4.69, 9.17) is 4.84 Å². The molecule has 1 heterocycles. The molecule has 7 heteroatoms. The van der Waals surface area contributed by atoms with Gasteiger partial charge >= 0.3 is 6.08 Å². The molecule has 0 N–H and O–H groups in total. The molecule has 18 heavy (non-hydrogen) atoms. The summed E-state index contributed by atoms with van der Waals surface area (Å²) in [5, 5.41) is 3.87. The van der Waals surface area contributed by atoms with E-state index in [0.717, 1.165) is 4.91 Å². The minimum atomic E-state index is -2.24. The van der Waals surface area contributed by atoms with Crippen LogP contribution in [0.4, 0.5) is 13.2 Å². The van der Waals surface area contributed by atoms with Crippen molar-refractivity contribution in [3.8, 4) is 0 Å². The van der Waals surface area contributed by atoms with Gasteiger partial charge in [0.25, 0.3) is 0 Å². The molecule has 0 aromatic heterocycles. The second-order valence-electron chi connectivity index (χ2n) is 3.48. The van der Waals surface area contributed by atoms with Crippen LogP contribution in [0, 0.1) is 0 Å². The summed E-state index contributed by atoms with van der Waals surface area (Å²) >= 11 is 0. The number of rotatable bonds is 6. The van der Waals surface area contributed by atoms with Crippen molar-refractivity contribution in [3.63, 3.8) is 0 Å². The Morgan fingerprint density at radius 2 is 2.17 bits per heavy atom. The third-order valence-corrected chi connectivity index (χ3v) is 4.37. The smallest absolute Gasteiger partial charge is 0.301 e. The monoisotopic (exact) mass is 280 g/mol. The fourth-order valence-corrected chi connectivity index (χ4v) is 3.14. The Kier molecular flexibility index (Phi) is 5.97. The number of thiol groups is 1. The van der Waals surface area contributed by atoms with Crippen molar-refractivity contribution in [1.29, 1.82) is 0 Å². The first-order chi connectivity index (χ1) is 8.56. The first-order valence-corrected chi connectivity index (χ1v) is 7.02. The standard InChI is InChI=1S/C11H15F3N2OS/c1-3-17-16-8(2)10-6-15-7-18(10)5-4-9(12)11(13)14/h6-7,18H,3-5H2,1-2H3/b16-8+. The lowest BCUT2D eigenvalue weighted by atomic mass is 10.4. The van der Waals surface area contributed by atoms with E-state index in [1.807, 2.05) is 6.92 Å². The zero-order chi connectivity index (χ0) is 13.5. The molecule has 0 amide bonds. The van der Waals surface area contributed by atoms with Crippen LogP contribution in [-0.4, -0.2) is 23.6 Å². The summed E-state index contributed by atoms with van der Waals surface area (Å²) in [5.41, 5.74) is 2.32. The van der Waals surface area contributed by atoms with Crippen molar-refractivity contribution >= 4 is 22.2 Å². The summed E-state index contributed by atoms with van der Waals surface area (Å²) in [6.45, 7) is 4.02. The van der Waals surface area contributed by atoms with Gasteiger partial charge in [0.2, 0.25) is 0 Å². The zero-order valence-corrected chi connectivity index (χ0v) is 11.1. The Balaban J connectivity index is 2.60. The Labute approximate surface area is 106 Å². The molecule has 1 atom stereocenters. The predicted octanol–water partition coefficient (Wildman–Crippen LogP) is 3.75. The van der Waals surface area contributed by atoms with Crippen molar-refractivity contribution < 1.29 is 18.0 Å². The largest absolute Gasteiger partial charge is 0.396 e. The van der Waals surface area contributed by atoms with Gasteiger partial charge in [-0.25, -0.2) is 4.39 Å². The Morgan fingerprint density at radius 3 is 2.78 bits per heavy atom. The van der Waals surface area contributed by atoms with E-state index in [2.05, 4.69) is 10.1 Å². The van der Waals surface area contributed by atoms with Gasteiger partial charge in [-0.15, -0.1) is 0 Å². The van der Waals surface area contributed by atoms with E-state index in [1.165, 1.54) is 0 Å². The highest BCUT2D eigenvalue weighted by Gasteiger charge is 2.17. The Bertz CT molecular complexity index is 415. The van der Waals surface area contributed by atoms with Crippen molar-refractivity contribution in [2.45, 2.75) is 20.3 Å². The average molecular weight is 280 g/mol.